The lowest BCUT2D eigenvalue weighted by molar-refractivity contribution is -0.376. The Hall–Kier alpha value is -3.29. The molecule has 0 radical (unpaired) electrons. The van der Waals surface area contributed by atoms with E-state index in [4.69, 9.17) is 9.59 Å². The molecule has 1 aromatic carbocycles. The van der Waals surface area contributed by atoms with Gasteiger partial charge in [-0.15, -0.1) is 11.3 Å². The van der Waals surface area contributed by atoms with E-state index in [1.54, 1.807) is 4.90 Å². The summed E-state index contributed by atoms with van der Waals surface area (Å²) in [4.78, 5) is 48.5. The normalized spacial score (nSPS) is 18.3. The molecule has 1 aliphatic carbocycles. The van der Waals surface area contributed by atoms with Crippen molar-refractivity contribution < 1.29 is 50.6 Å². The number of rotatable bonds is 6. The number of aromatic nitrogens is 1. The van der Waals surface area contributed by atoms with Crippen molar-refractivity contribution in [2.45, 2.75) is 70.4 Å². The number of alkyl halides is 6. The molecule has 1 saturated heterocycles. The Kier molecular flexibility index (Phi) is 9.07. The molecular formula is C26H27F6N3O5S. The number of thiazole rings is 1. The van der Waals surface area contributed by atoms with Crippen LogP contribution in [0.3, 0.4) is 0 Å². The lowest BCUT2D eigenvalue weighted by atomic mass is 9.89. The predicted octanol–water partition coefficient (Wildman–Crippen LogP) is 5.00. The van der Waals surface area contributed by atoms with Gasteiger partial charge in [-0.3, -0.25) is 9.59 Å². The third-order valence-electron chi connectivity index (χ3n) is 7.33. The molecule has 8 nitrogen and oxygen atoms in total. The maximum atomic E-state index is 13.4. The van der Waals surface area contributed by atoms with E-state index in [2.05, 4.69) is 10.3 Å². The van der Waals surface area contributed by atoms with E-state index in [0.29, 0.717) is 25.2 Å². The van der Waals surface area contributed by atoms with E-state index in [1.807, 2.05) is 13.8 Å². The topological polar surface area (TPSA) is 117 Å². The van der Waals surface area contributed by atoms with E-state index in [9.17, 15) is 41.0 Å². The fourth-order valence-electron chi connectivity index (χ4n) is 4.51. The average Bonchev–Trinajstić information content (AvgIpc) is 3.24. The highest BCUT2D eigenvalue weighted by Crippen LogP contribution is 2.51. The maximum absolute atomic E-state index is 13.4. The number of nitrogens with one attached hydrogen (secondary N) is 1. The van der Waals surface area contributed by atoms with Gasteiger partial charge in [-0.1, -0.05) is 25.1 Å². The number of carbonyl (C=O) groups is 2. The zero-order valence-corrected chi connectivity index (χ0v) is 23.0. The number of carbonyl (C=O) groups excluding carboxylic acids is 4. The van der Waals surface area contributed by atoms with Gasteiger partial charge in [-0.25, -0.2) is 4.98 Å². The van der Waals surface area contributed by atoms with Crippen LogP contribution in [0.1, 0.15) is 70.9 Å². The van der Waals surface area contributed by atoms with Gasteiger partial charge in [0.25, 0.3) is 17.4 Å². The SMILES string of the molecule is Cc1cc(C(O)(C(F)(F)F)C(F)(F)F)ccc1-c1sc(C(=O)NCC2(C)CC2)nc1C(=O)N1CCC[C@@H]1C.O=C=O. The fraction of sp³-hybridized carbons (Fsp3) is 0.538. The molecule has 4 rings (SSSR count). The number of likely N-dealkylation sites (tertiary alicyclic amines) is 1. The Labute approximate surface area is 234 Å². The molecule has 1 aliphatic heterocycles. The monoisotopic (exact) mass is 607 g/mol. The van der Waals surface area contributed by atoms with Gasteiger partial charge in [0.15, 0.2) is 5.01 Å². The molecule has 0 spiro atoms. The summed E-state index contributed by atoms with van der Waals surface area (Å²) in [6.07, 6.45) is -8.36. The Morgan fingerprint density at radius 3 is 2.22 bits per heavy atom. The van der Waals surface area contributed by atoms with Gasteiger partial charge >= 0.3 is 18.5 Å². The van der Waals surface area contributed by atoms with Crippen molar-refractivity contribution in [3.8, 4) is 10.4 Å². The summed E-state index contributed by atoms with van der Waals surface area (Å²) in [7, 11) is 0. The summed E-state index contributed by atoms with van der Waals surface area (Å²) in [6.45, 7) is 6.01. The van der Waals surface area contributed by atoms with Crippen LogP contribution in [0.15, 0.2) is 18.2 Å². The molecule has 0 unspecified atom stereocenters. The Balaban J connectivity index is 0.00000147. The van der Waals surface area contributed by atoms with Crippen molar-refractivity contribution in [1.82, 2.24) is 15.2 Å². The van der Waals surface area contributed by atoms with Crippen molar-refractivity contribution in [2.24, 2.45) is 5.41 Å². The second-order valence-corrected chi connectivity index (χ2v) is 11.5. The van der Waals surface area contributed by atoms with Gasteiger partial charge in [-0.05, 0) is 56.1 Å². The van der Waals surface area contributed by atoms with Gasteiger partial charge in [-0.2, -0.15) is 35.9 Å². The third kappa shape index (κ3) is 6.47. The second-order valence-electron chi connectivity index (χ2n) is 10.5. The van der Waals surface area contributed by atoms with Crippen LogP contribution in [0.2, 0.25) is 0 Å². The van der Waals surface area contributed by atoms with Gasteiger partial charge in [0.1, 0.15) is 5.69 Å². The summed E-state index contributed by atoms with van der Waals surface area (Å²) in [5, 5.41) is 12.5. The summed E-state index contributed by atoms with van der Waals surface area (Å²) >= 11 is 0.841. The van der Waals surface area contributed by atoms with Crippen LogP contribution in [0.25, 0.3) is 10.4 Å². The largest absolute Gasteiger partial charge is 0.430 e. The fourth-order valence-corrected chi connectivity index (χ4v) is 5.57. The van der Waals surface area contributed by atoms with E-state index in [0.717, 1.165) is 43.1 Å². The average molecular weight is 608 g/mol. The first kappa shape index (κ1) is 32.2. The van der Waals surface area contributed by atoms with E-state index < -0.39 is 35.3 Å². The Morgan fingerprint density at radius 1 is 1.17 bits per heavy atom. The van der Waals surface area contributed by atoms with E-state index in [1.165, 1.54) is 6.92 Å². The van der Waals surface area contributed by atoms with Crippen LogP contribution in [-0.2, 0) is 15.2 Å². The van der Waals surface area contributed by atoms with Crippen LogP contribution >= 0.6 is 11.3 Å². The number of halogens is 6. The first-order valence-corrected chi connectivity index (χ1v) is 13.3. The molecule has 2 heterocycles. The lowest BCUT2D eigenvalue weighted by Gasteiger charge is -2.33. The van der Waals surface area contributed by atoms with Crippen LogP contribution in [-0.4, -0.2) is 64.4 Å². The number of hydrogen-bond acceptors (Lipinski definition) is 7. The standard InChI is InChI=1S/C25H27F6N3O3S.CO2/c1-13-11-15(23(37,24(26,27)28)25(29,30)31)6-7-16(13)18-17(21(36)34-10-4-5-14(34)2)33-20(38-18)19(35)32-12-22(3)8-9-22;2-1-3/h6-7,11,14,37H,4-5,8-10,12H2,1-3H3,(H,32,35);/t14-;/m0./s1. The number of benzene rings is 1. The molecule has 15 heteroatoms. The summed E-state index contributed by atoms with van der Waals surface area (Å²) in [6, 6.07) is 2.01. The minimum Gasteiger partial charge on any atom is -0.369 e. The maximum Gasteiger partial charge on any atom is 0.430 e. The van der Waals surface area contributed by atoms with Crippen molar-refractivity contribution in [1.29, 1.82) is 0 Å². The number of aryl methyl sites for hydroxylation is 1. The van der Waals surface area contributed by atoms with Crippen molar-refractivity contribution in [2.75, 3.05) is 13.1 Å². The minimum atomic E-state index is -6.03. The third-order valence-corrected chi connectivity index (χ3v) is 8.41. The molecule has 1 saturated carbocycles. The molecule has 2 N–H and O–H groups in total. The molecule has 2 aromatic rings. The smallest absolute Gasteiger partial charge is 0.369 e. The van der Waals surface area contributed by atoms with Crippen LogP contribution < -0.4 is 5.32 Å². The van der Waals surface area contributed by atoms with Gasteiger partial charge in [0.2, 0.25) is 0 Å². The van der Waals surface area contributed by atoms with E-state index >= 15 is 0 Å². The molecule has 2 amide bonds. The highest BCUT2D eigenvalue weighted by atomic mass is 32.1. The second kappa shape index (κ2) is 11.5. The zero-order valence-electron chi connectivity index (χ0n) is 22.2. The number of amides is 2. The first-order chi connectivity index (χ1) is 18.9. The molecule has 224 valence electrons. The van der Waals surface area contributed by atoms with Crippen LogP contribution in [0.4, 0.5) is 26.3 Å². The Bertz CT molecular complexity index is 1330. The Morgan fingerprint density at radius 2 is 1.76 bits per heavy atom. The van der Waals surface area contributed by atoms with Crippen LogP contribution in [0, 0.1) is 12.3 Å². The molecule has 41 heavy (non-hydrogen) atoms. The first-order valence-electron chi connectivity index (χ1n) is 12.5. The van der Waals surface area contributed by atoms with E-state index in [-0.39, 0.29) is 44.3 Å². The van der Waals surface area contributed by atoms with Crippen LogP contribution in [0.5, 0.6) is 0 Å². The van der Waals surface area contributed by atoms with Crippen molar-refractivity contribution in [3.63, 3.8) is 0 Å². The summed E-state index contributed by atoms with van der Waals surface area (Å²) in [5.41, 5.74) is -6.49. The summed E-state index contributed by atoms with van der Waals surface area (Å²) in [5.74, 6) is -0.990. The molecule has 2 aliphatic rings. The number of nitrogens with zero attached hydrogens (tertiary/aromatic N) is 2. The van der Waals surface area contributed by atoms with Gasteiger partial charge in [0, 0.05) is 24.7 Å². The molecule has 2 fully saturated rings. The molecule has 1 atom stereocenters. The van der Waals surface area contributed by atoms with Gasteiger partial charge < -0.3 is 15.3 Å². The minimum absolute atomic E-state index is 0.000436. The van der Waals surface area contributed by atoms with Crippen molar-refractivity contribution >= 4 is 29.3 Å². The highest BCUT2D eigenvalue weighted by molar-refractivity contribution is 7.17. The summed E-state index contributed by atoms with van der Waals surface area (Å²) < 4.78 is 80.4. The predicted molar refractivity (Wildman–Crippen MR) is 133 cm³/mol. The molecular weight excluding hydrogens is 580 g/mol. The molecule has 0 bridgehead atoms. The van der Waals surface area contributed by atoms with Crippen molar-refractivity contribution in [3.05, 3.63) is 40.0 Å². The highest BCUT2D eigenvalue weighted by Gasteiger charge is 2.71. The molecule has 1 aromatic heterocycles. The number of aliphatic hydroxyl groups is 1. The van der Waals surface area contributed by atoms with Gasteiger partial charge in [0.05, 0.1) is 4.88 Å². The lowest BCUT2D eigenvalue weighted by Crippen LogP contribution is -2.53. The quantitative estimate of drug-likeness (QED) is 0.447. The number of hydrogen-bond donors (Lipinski definition) is 2. The zero-order chi connectivity index (χ0) is 31.0.